The van der Waals surface area contributed by atoms with Crippen LogP contribution in [0.15, 0.2) is 29.0 Å². The summed E-state index contributed by atoms with van der Waals surface area (Å²) in [5, 5.41) is 0.865. The number of aromatic nitrogens is 1. The highest BCUT2D eigenvalue weighted by Crippen LogP contribution is 2.15. The molecule has 0 spiro atoms. The predicted molar refractivity (Wildman–Crippen MR) is 52.0 cm³/mol. The summed E-state index contributed by atoms with van der Waals surface area (Å²) in [6.45, 7) is 1.64. The second kappa shape index (κ2) is 3.23. The second-order valence-electron chi connectivity index (χ2n) is 3.18. The number of pyridine rings is 1. The minimum absolute atomic E-state index is 0.159. The van der Waals surface area contributed by atoms with Crippen LogP contribution < -0.4 is 5.73 Å². The molecule has 14 heavy (non-hydrogen) atoms. The van der Waals surface area contributed by atoms with E-state index in [9.17, 15) is 4.79 Å². The van der Waals surface area contributed by atoms with Crippen molar-refractivity contribution < 1.29 is 9.21 Å². The monoisotopic (exact) mass is 190 g/mol. The lowest BCUT2D eigenvalue weighted by atomic mass is 10.1. The Morgan fingerprint density at radius 2 is 2.43 bits per heavy atom. The molecule has 0 bridgehead atoms. The standard InChI is InChI=1S/C10H10N2O2/c1-6(11)10(13)8-4-7-2-3-14-9(7)5-12-8/h2-6H,11H2,1H3. The minimum atomic E-state index is -0.521. The lowest BCUT2D eigenvalue weighted by Crippen LogP contribution is -2.27. The molecule has 0 aliphatic carbocycles. The van der Waals surface area contributed by atoms with Gasteiger partial charge in [-0.05, 0) is 19.1 Å². The summed E-state index contributed by atoms with van der Waals surface area (Å²) in [7, 11) is 0. The van der Waals surface area contributed by atoms with Gasteiger partial charge in [0.2, 0.25) is 0 Å². The van der Waals surface area contributed by atoms with Gasteiger partial charge < -0.3 is 10.2 Å². The minimum Gasteiger partial charge on any atom is -0.463 e. The molecule has 2 aromatic rings. The van der Waals surface area contributed by atoms with Crippen LogP contribution in [0.25, 0.3) is 11.0 Å². The van der Waals surface area contributed by atoms with E-state index in [1.807, 2.05) is 0 Å². The van der Waals surface area contributed by atoms with Crippen molar-refractivity contribution in [2.45, 2.75) is 13.0 Å². The maximum atomic E-state index is 11.5. The Labute approximate surface area is 80.7 Å². The van der Waals surface area contributed by atoms with E-state index in [0.717, 1.165) is 5.39 Å². The Kier molecular flexibility index (Phi) is 2.05. The highest BCUT2D eigenvalue weighted by Gasteiger charge is 2.12. The third-order valence-electron chi connectivity index (χ3n) is 2.01. The zero-order chi connectivity index (χ0) is 10.1. The van der Waals surface area contributed by atoms with Crippen molar-refractivity contribution in [1.29, 1.82) is 0 Å². The Morgan fingerprint density at radius 1 is 1.64 bits per heavy atom. The van der Waals surface area contributed by atoms with Gasteiger partial charge in [0, 0.05) is 5.39 Å². The molecule has 0 saturated heterocycles. The number of nitrogens with zero attached hydrogens (tertiary/aromatic N) is 1. The third kappa shape index (κ3) is 1.40. The second-order valence-corrected chi connectivity index (χ2v) is 3.18. The molecule has 0 aliphatic heterocycles. The van der Waals surface area contributed by atoms with E-state index in [-0.39, 0.29) is 5.78 Å². The Bertz CT molecular complexity index is 474. The topological polar surface area (TPSA) is 69.1 Å². The normalized spacial score (nSPS) is 13.0. The maximum absolute atomic E-state index is 11.5. The smallest absolute Gasteiger partial charge is 0.197 e. The summed E-state index contributed by atoms with van der Waals surface area (Å²) in [5.41, 5.74) is 6.53. The molecule has 2 heterocycles. The van der Waals surface area contributed by atoms with E-state index in [2.05, 4.69) is 4.98 Å². The van der Waals surface area contributed by atoms with Crippen LogP contribution in [0.5, 0.6) is 0 Å². The molecule has 2 N–H and O–H groups in total. The lowest BCUT2D eigenvalue weighted by Gasteiger charge is -2.02. The molecule has 2 rings (SSSR count). The molecule has 0 saturated carbocycles. The van der Waals surface area contributed by atoms with Gasteiger partial charge >= 0.3 is 0 Å². The first-order valence-corrected chi connectivity index (χ1v) is 4.31. The molecule has 0 aliphatic rings. The van der Waals surface area contributed by atoms with Crippen LogP contribution in [-0.2, 0) is 0 Å². The van der Waals surface area contributed by atoms with Crippen molar-refractivity contribution in [2.24, 2.45) is 5.73 Å². The van der Waals surface area contributed by atoms with Crippen molar-refractivity contribution >= 4 is 16.8 Å². The van der Waals surface area contributed by atoms with Crippen LogP contribution in [0, 0.1) is 0 Å². The highest BCUT2D eigenvalue weighted by molar-refractivity contribution is 6.00. The number of nitrogens with two attached hydrogens (primary N) is 1. The molecule has 4 heteroatoms. The van der Waals surface area contributed by atoms with E-state index >= 15 is 0 Å². The predicted octanol–water partition coefficient (Wildman–Crippen LogP) is 1.36. The molecule has 1 atom stereocenters. The molecule has 2 aromatic heterocycles. The molecule has 0 radical (unpaired) electrons. The average molecular weight is 190 g/mol. The van der Waals surface area contributed by atoms with Gasteiger partial charge in [-0.1, -0.05) is 0 Å². The fourth-order valence-electron chi connectivity index (χ4n) is 1.24. The first kappa shape index (κ1) is 8.90. The largest absolute Gasteiger partial charge is 0.463 e. The summed E-state index contributed by atoms with van der Waals surface area (Å²) in [5.74, 6) is -0.159. The average Bonchev–Trinajstić information content (AvgIpc) is 2.62. The summed E-state index contributed by atoms with van der Waals surface area (Å²) in [4.78, 5) is 15.5. The first-order chi connectivity index (χ1) is 6.68. The number of Topliss-reactive ketones (excluding diaryl/α,β-unsaturated/α-hetero) is 1. The number of hydrogen-bond donors (Lipinski definition) is 1. The number of carbonyl (C=O) groups is 1. The van der Waals surface area contributed by atoms with E-state index in [1.165, 1.54) is 6.20 Å². The van der Waals surface area contributed by atoms with Crippen LogP contribution in [-0.4, -0.2) is 16.8 Å². The Morgan fingerprint density at radius 3 is 3.14 bits per heavy atom. The quantitative estimate of drug-likeness (QED) is 0.726. The summed E-state index contributed by atoms with van der Waals surface area (Å²) < 4.78 is 5.11. The molecular weight excluding hydrogens is 180 g/mol. The molecule has 1 unspecified atom stereocenters. The van der Waals surface area contributed by atoms with Gasteiger partial charge in [-0.15, -0.1) is 0 Å². The fraction of sp³-hybridized carbons (Fsp3) is 0.200. The van der Waals surface area contributed by atoms with Gasteiger partial charge in [0.05, 0.1) is 18.5 Å². The zero-order valence-corrected chi connectivity index (χ0v) is 7.73. The van der Waals surface area contributed by atoms with E-state index in [0.29, 0.717) is 11.3 Å². The van der Waals surface area contributed by atoms with Gasteiger partial charge in [-0.3, -0.25) is 4.79 Å². The van der Waals surface area contributed by atoms with Gasteiger partial charge in [0.1, 0.15) is 5.69 Å². The van der Waals surface area contributed by atoms with E-state index in [1.54, 1.807) is 25.3 Å². The Hall–Kier alpha value is -1.68. The van der Waals surface area contributed by atoms with Crippen LogP contribution in [0.3, 0.4) is 0 Å². The SMILES string of the molecule is CC(N)C(=O)c1cc2ccoc2cn1. The van der Waals surface area contributed by atoms with E-state index in [4.69, 9.17) is 10.2 Å². The van der Waals surface area contributed by atoms with Crippen LogP contribution in [0.2, 0.25) is 0 Å². The fourth-order valence-corrected chi connectivity index (χ4v) is 1.24. The number of fused-ring (bicyclic) bond motifs is 1. The molecule has 0 aromatic carbocycles. The number of furan rings is 1. The summed E-state index contributed by atoms with van der Waals surface area (Å²) in [6, 6.07) is 2.95. The number of ketones is 1. The van der Waals surface area contributed by atoms with Crippen molar-refractivity contribution in [3.8, 4) is 0 Å². The maximum Gasteiger partial charge on any atom is 0.197 e. The number of rotatable bonds is 2. The zero-order valence-electron chi connectivity index (χ0n) is 7.73. The van der Waals surface area contributed by atoms with Crippen molar-refractivity contribution in [1.82, 2.24) is 4.98 Å². The third-order valence-corrected chi connectivity index (χ3v) is 2.01. The van der Waals surface area contributed by atoms with Gasteiger partial charge in [0.25, 0.3) is 0 Å². The molecule has 72 valence electrons. The summed E-state index contributed by atoms with van der Waals surface area (Å²) >= 11 is 0. The lowest BCUT2D eigenvalue weighted by molar-refractivity contribution is 0.0963. The van der Waals surface area contributed by atoms with E-state index < -0.39 is 6.04 Å². The first-order valence-electron chi connectivity index (χ1n) is 4.31. The highest BCUT2D eigenvalue weighted by atomic mass is 16.3. The van der Waals surface area contributed by atoms with Crippen LogP contribution in [0.1, 0.15) is 17.4 Å². The molecule has 4 nitrogen and oxygen atoms in total. The van der Waals surface area contributed by atoms with Gasteiger partial charge in [0.15, 0.2) is 11.4 Å². The van der Waals surface area contributed by atoms with Crippen molar-refractivity contribution in [2.75, 3.05) is 0 Å². The van der Waals surface area contributed by atoms with Gasteiger partial charge in [-0.2, -0.15) is 0 Å². The van der Waals surface area contributed by atoms with Crippen molar-refractivity contribution in [3.63, 3.8) is 0 Å². The number of carbonyl (C=O) groups excluding carboxylic acids is 1. The van der Waals surface area contributed by atoms with Crippen molar-refractivity contribution in [3.05, 3.63) is 30.3 Å². The van der Waals surface area contributed by atoms with Crippen LogP contribution >= 0.6 is 0 Å². The molecule has 0 amide bonds. The van der Waals surface area contributed by atoms with Crippen LogP contribution in [0.4, 0.5) is 0 Å². The Balaban J connectivity index is 2.48. The molecular formula is C10H10N2O2. The number of hydrogen-bond acceptors (Lipinski definition) is 4. The van der Waals surface area contributed by atoms with Gasteiger partial charge in [-0.25, -0.2) is 4.98 Å². The summed E-state index contributed by atoms with van der Waals surface area (Å²) in [6.07, 6.45) is 3.09. The molecule has 0 fully saturated rings.